The van der Waals surface area contributed by atoms with Gasteiger partial charge in [-0.1, -0.05) is 12.1 Å². The van der Waals surface area contributed by atoms with E-state index in [1.54, 1.807) is 6.26 Å². The Hall–Kier alpha value is -2.25. The fourth-order valence-electron chi connectivity index (χ4n) is 3.62. The van der Waals surface area contributed by atoms with Crippen molar-refractivity contribution in [3.05, 3.63) is 48.4 Å². The van der Waals surface area contributed by atoms with Crippen molar-refractivity contribution < 1.29 is 14.0 Å². The number of nitrogens with zero attached hydrogens (tertiary/aromatic N) is 1. The summed E-state index contributed by atoms with van der Waals surface area (Å²) >= 11 is 1.45. The summed E-state index contributed by atoms with van der Waals surface area (Å²) in [5.41, 5.74) is 0.816. The van der Waals surface area contributed by atoms with Crippen LogP contribution in [-0.4, -0.2) is 41.6 Å². The van der Waals surface area contributed by atoms with Gasteiger partial charge in [-0.05, 0) is 50.2 Å². The van der Waals surface area contributed by atoms with Crippen LogP contribution < -0.4 is 10.6 Å². The number of carbonyl (C=O) groups is 2. The predicted octanol–water partition coefficient (Wildman–Crippen LogP) is 3.04. The van der Waals surface area contributed by atoms with Gasteiger partial charge >= 0.3 is 0 Å². The Morgan fingerprint density at radius 1 is 1.26 bits per heavy atom. The molecular formula is C20H23N3O3S. The minimum Gasteiger partial charge on any atom is -0.468 e. The highest BCUT2D eigenvalue weighted by Crippen LogP contribution is 2.36. The van der Waals surface area contributed by atoms with Gasteiger partial charge in [0.25, 0.3) is 0 Å². The van der Waals surface area contributed by atoms with Gasteiger partial charge in [0.2, 0.25) is 11.8 Å². The monoisotopic (exact) mass is 385 g/mol. The molecule has 2 aromatic rings. The number of benzene rings is 1. The van der Waals surface area contributed by atoms with Gasteiger partial charge in [0.15, 0.2) is 0 Å². The Labute approximate surface area is 162 Å². The number of hydrogen-bond acceptors (Lipinski definition) is 5. The number of hydrogen-bond donors (Lipinski definition) is 2. The van der Waals surface area contributed by atoms with Gasteiger partial charge in [0.1, 0.15) is 5.76 Å². The molecule has 142 valence electrons. The topological polar surface area (TPSA) is 74.6 Å². The first kappa shape index (κ1) is 18.1. The normalized spacial score (nSPS) is 20.7. The summed E-state index contributed by atoms with van der Waals surface area (Å²) in [6.07, 6.45) is 4.17. The molecule has 27 heavy (non-hydrogen) atoms. The van der Waals surface area contributed by atoms with E-state index < -0.39 is 5.25 Å². The Morgan fingerprint density at radius 2 is 2.07 bits per heavy atom. The van der Waals surface area contributed by atoms with E-state index in [4.69, 9.17) is 4.42 Å². The quantitative estimate of drug-likeness (QED) is 0.800. The SMILES string of the molecule is O=C(C[C@@H]1Sc2ccccc2NC1=O)NC[C@@H](c1ccco1)N1CCCC1. The number of rotatable bonds is 6. The van der Waals surface area contributed by atoms with Crippen LogP contribution >= 0.6 is 11.8 Å². The zero-order chi connectivity index (χ0) is 18.6. The van der Waals surface area contributed by atoms with E-state index in [2.05, 4.69) is 15.5 Å². The Morgan fingerprint density at radius 3 is 2.85 bits per heavy atom. The summed E-state index contributed by atoms with van der Waals surface area (Å²) in [7, 11) is 0. The van der Waals surface area contributed by atoms with E-state index in [1.807, 2.05) is 36.4 Å². The Bertz CT molecular complexity index is 803. The number of anilines is 1. The van der Waals surface area contributed by atoms with Crippen LogP contribution in [0.25, 0.3) is 0 Å². The second-order valence-electron chi connectivity index (χ2n) is 6.87. The van der Waals surface area contributed by atoms with Crippen molar-refractivity contribution in [2.24, 2.45) is 0 Å². The number of furan rings is 1. The first-order valence-corrected chi connectivity index (χ1v) is 10.2. The molecule has 2 aliphatic rings. The number of carbonyl (C=O) groups excluding carboxylic acids is 2. The fraction of sp³-hybridized carbons (Fsp3) is 0.400. The standard InChI is InChI=1S/C20H23N3O3S/c24-19(12-18-20(25)22-14-6-1-2-8-17(14)27-18)21-13-15(16-7-5-11-26-16)23-9-3-4-10-23/h1-2,5-8,11,15,18H,3-4,9-10,12-13H2,(H,21,24)(H,22,25)/t15-,18-/m0/s1. The Balaban J connectivity index is 1.35. The van der Waals surface area contributed by atoms with Crippen LogP contribution in [-0.2, 0) is 9.59 Å². The summed E-state index contributed by atoms with van der Waals surface area (Å²) in [5, 5.41) is 5.48. The molecule has 2 N–H and O–H groups in total. The van der Waals surface area contributed by atoms with Crippen LogP contribution in [0.5, 0.6) is 0 Å². The third-order valence-electron chi connectivity index (χ3n) is 5.02. The van der Waals surface area contributed by atoms with E-state index in [-0.39, 0.29) is 24.3 Å². The summed E-state index contributed by atoms with van der Waals surface area (Å²) in [6, 6.07) is 11.5. The molecule has 0 unspecified atom stereocenters. The van der Waals surface area contributed by atoms with Crippen molar-refractivity contribution in [1.82, 2.24) is 10.2 Å². The molecule has 4 rings (SSSR count). The van der Waals surface area contributed by atoms with E-state index in [0.717, 1.165) is 29.4 Å². The lowest BCUT2D eigenvalue weighted by molar-refractivity contribution is -0.124. The highest BCUT2D eigenvalue weighted by Gasteiger charge is 2.30. The van der Waals surface area contributed by atoms with E-state index in [1.165, 1.54) is 24.6 Å². The van der Waals surface area contributed by atoms with Crippen LogP contribution in [0.15, 0.2) is 52.0 Å². The second-order valence-corrected chi connectivity index (χ2v) is 8.12. The van der Waals surface area contributed by atoms with Crippen LogP contribution in [0.1, 0.15) is 31.1 Å². The van der Waals surface area contributed by atoms with E-state index in [9.17, 15) is 9.59 Å². The number of likely N-dealkylation sites (tertiary alicyclic amines) is 1. The maximum absolute atomic E-state index is 12.5. The molecule has 0 aliphatic carbocycles. The molecule has 0 saturated carbocycles. The van der Waals surface area contributed by atoms with Crippen molar-refractivity contribution in [3.8, 4) is 0 Å². The first-order chi connectivity index (χ1) is 13.2. The average molecular weight is 385 g/mol. The fourth-order valence-corrected chi connectivity index (χ4v) is 4.73. The Kier molecular flexibility index (Phi) is 5.50. The smallest absolute Gasteiger partial charge is 0.238 e. The minimum absolute atomic E-state index is 0.0417. The molecule has 7 heteroatoms. The first-order valence-electron chi connectivity index (χ1n) is 9.31. The number of para-hydroxylation sites is 1. The lowest BCUT2D eigenvalue weighted by Crippen LogP contribution is -2.39. The van der Waals surface area contributed by atoms with Crippen LogP contribution in [0.3, 0.4) is 0 Å². The lowest BCUT2D eigenvalue weighted by Gasteiger charge is -2.27. The molecule has 0 radical (unpaired) electrons. The molecule has 2 atom stereocenters. The van der Waals surface area contributed by atoms with Crippen molar-refractivity contribution >= 4 is 29.3 Å². The molecular weight excluding hydrogens is 362 g/mol. The number of thioether (sulfide) groups is 1. The zero-order valence-corrected chi connectivity index (χ0v) is 15.8. The molecule has 1 aromatic carbocycles. The number of nitrogens with one attached hydrogen (secondary N) is 2. The third kappa shape index (κ3) is 4.20. The molecule has 2 aliphatic heterocycles. The molecule has 1 fully saturated rings. The average Bonchev–Trinajstić information content (AvgIpc) is 3.37. The van der Waals surface area contributed by atoms with Gasteiger partial charge < -0.3 is 15.1 Å². The van der Waals surface area contributed by atoms with Gasteiger partial charge in [-0.15, -0.1) is 11.8 Å². The third-order valence-corrected chi connectivity index (χ3v) is 6.30. The van der Waals surface area contributed by atoms with Gasteiger partial charge in [0.05, 0.1) is 23.2 Å². The summed E-state index contributed by atoms with van der Waals surface area (Å²) in [5.74, 6) is 0.643. The largest absolute Gasteiger partial charge is 0.468 e. The summed E-state index contributed by atoms with van der Waals surface area (Å²) in [4.78, 5) is 28.1. The molecule has 6 nitrogen and oxygen atoms in total. The van der Waals surface area contributed by atoms with E-state index in [0.29, 0.717) is 6.54 Å². The second kappa shape index (κ2) is 8.19. The molecule has 1 saturated heterocycles. The van der Waals surface area contributed by atoms with Gasteiger partial charge in [-0.25, -0.2) is 0 Å². The summed E-state index contributed by atoms with van der Waals surface area (Å²) in [6.45, 7) is 2.51. The minimum atomic E-state index is -0.409. The molecule has 1 aromatic heterocycles. The number of fused-ring (bicyclic) bond motifs is 1. The predicted molar refractivity (Wildman–Crippen MR) is 105 cm³/mol. The van der Waals surface area contributed by atoms with Crippen LogP contribution in [0.4, 0.5) is 5.69 Å². The lowest BCUT2D eigenvalue weighted by atomic mass is 10.2. The maximum atomic E-state index is 12.5. The zero-order valence-electron chi connectivity index (χ0n) is 15.0. The highest BCUT2D eigenvalue weighted by molar-refractivity contribution is 8.01. The summed E-state index contributed by atoms with van der Waals surface area (Å²) < 4.78 is 5.59. The molecule has 2 amide bonds. The van der Waals surface area contributed by atoms with Crippen molar-refractivity contribution in [1.29, 1.82) is 0 Å². The van der Waals surface area contributed by atoms with Gasteiger partial charge in [-0.2, -0.15) is 0 Å². The number of amides is 2. The maximum Gasteiger partial charge on any atom is 0.238 e. The van der Waals surface area contributed by atoms with E-state index >= 15 is 0 Å². The molecule has 3 heterocycles. The molecule has 0 spiro atoms. The van der Waals surface area contributed by atoms with Crippen molar-refractivity contribution in [2.45, 2.75) is 35.4 Å². The van der Waals surface area contributed by atoms with Crippen molar-refractivity contribution in [3.63, 3.8) is 0 Å². The van der Waals surface area contributed by atoms with Crippen LogP contribution in [0, 0.1) is 0 Å². The van der Waals surface area contributed by atoms with Crippen molar-refractivity contribution in [2.75, 3.05) is 25.0 Å². The van der Waals surface area contributed by atoms with Gasteiger partial charge in [0, 0.05) is 17.9 Å². The van der Waals surface area contributed by atoms with Gasteiger partial charge in [-0.3, -0.25) is 14.5 Å². The highest BCUT2D eigenvalue weighted by atomic mass is 32.2. The molecule has 0 bridgehead atoms. The van der Waals surface area contributed by atoms with Crippen LogP contribution in [0.2, 0.25) is 0 Å².